The Balaban J connectivity index is 2.10. The van der Waals surface area contributed by atoms with Crippen LogP contribution < -0.4 is 5.73 Å². The summed E-state index contributed by atoms with van der Waals surface area (Å²) in [6, 6.07) is 6.77. The SMILES string of the molecule is NCC(CO)Cc1ccc2c(c1)CCCC2. The molecule has 1 aliphatic carbocycles. The Bertz CT molecular complexity index is 345. The van der Waals surface area contributed by atoms with E-state index in [4.69, 9.17) is 10.8 Å². The average Bonchev–Trinajstić information content (AvgIpc) is 2.35. The van der Waals surface area contributed by atoms with Gasteiger partial charge in [0.05, 0.1) is 0 Å². The van der Waals surface area contributed by atoms with Crippen LogP contribution in [0.1, 0.15) is 29.5 Å². The van der Waals surface area contributed by atoms with Crippen LogP contribution in [0.25, 0.3) is 0 Å². The van der Waals surface area contributed by atoms with E-state index >= 15 is 0 Å². The third-order valence-electron chi connectivity index (χ3n) is 3.53. The fourth-order valence-electron chi connectivity index (χ4n) is 2.47. The molecule has 88 valence electrons. The highest BCUT2D eigenvalue weighted by molar-refractivity contribution is 5.34. The highest BCUT2D eigenvalue weighted by Gasteiger charge is 2.11. The summed E-state index contributed by atoms with van der Waals surface area (Å²) in [7, 11) is 0. The highest BCUT2D eigenvalue weighted by atomic mass is 16.3. The second kappa shape index (κ2) is 5.46. The minimum absolute atomic E-state index is 0.188. The number of aliphatic hydroxyl groups excluding tert-OH is 1. The van der Waals surface area contributed by atoms with Gasteiger partial charge in [0.2, 0.25) is 0 Å². The van der Waals surface area contributed by atoms with Gasteiger partial charge in [0.25, 0.3) is 0 Å². The van der Waals surface area contributed by atoms with Crippen molar-refractivity contribution in [3.05, 3.63) is 34.9 Å². The molecule has 1 unspecified atom stereocenters. The van der Waals surface area contributed by atoms with E-state index in [1.807, 2.05) is 0 Å². The lowest BCUT2D eigenvalue weighted by atomic mass is 9.88. The molecule has 0 saturated heterocycles. The molecule has 0 saturated carbocycles. The minimum atomic E-state index is 0.188. The molecule has 0 fully saturated rings. The van der Waals surface area contributed by atoms with Gasteiger partial charge >= 0.3 is 0 Å². The third kappa shape index (κ3) is 2.63. The number of hydrogen-bond donors (Lipinski definition) is 2. The second-order valence-corrected chi connectivity index (χ2v) is 4.80. The Morgan fingerprint density at radius 2 is 1.94 bits per heavy atom. The first-order valence-electron chi connectivity index (χ1n) is 6.25. The summed E-state index contributed by atoms with van der Waals surface area (Å²) in [5.41, 5.74) is 9.96. The van der Waals surface area contributed by atoms with E-state index in [0.717, 1.165) is 6.42 Å². The maximum atomic E-state index is 9.15. The van der Waals surface area contributed by atoms with E-state index in [1.54, 1.807) is 0 Å². The van der Waals surface area contributed by atoms with Crippen molar-refractivity contribution in [2.45, 2.75) is 32.1 Å². The second-order valence-electron chi connectivity index (χ2n) is 4.80. The summed E-state index contributed by atoms with van der Waals surface area (Å²) in [5.74, 6) is 0.210. The Labute approximate surface area is 97.5 Å². The maximum absolute atomic E-state index is 9.15. The van der Waals surface area contributed by atoms with E-state index in [-0.39, 0.29) is 12.5 Å². The molecule has 1 atom stereocenters. The number of aryl methyl sites for hydroxylation is 2. The lowest BCUT2D eigenvalue weighted by Crippen LogP contribution is -2.20. The molecule has 0 amide bonds. The van der Waals surface area contributed by atoms with Gasteiger partial charge in [0.15, 0.2) is 0 Å². The Hall–Kier alpha value is -0.860. The van der Waals surface area contributed by atoms with Crippen molar-refractivity contribution in [2.24, 2.45) is 11.7 Å². The van der Waals surface area contributed by atoms with Gasteiger partial charge in [-0.25, -0.2) is 0 Å². The fraction of sp³-hybridized carbons (Fsp3) is 0.571. The molecule has 0 heterocycles. The van der Waals surface area contributed by atoms with Crippen LogP contribution in [-0.4, -0.2) is 18.3 Å². The zero-order valence-electron chi connectivity index (χ0n) is 9.78. The van der Waals surface area contributed by atoms with Crippen molar-refractivity contribution in [3.63, 3.8) is 0 Å². The van der Waals surface area contributed by atoms with Gasteiger partial charge in [-0.15, -0.1) is 0 Å². The van der Waals surface area contributed by atoms with Crippen molar-refractivity contribution in [2.75, 3.05) is 13.2 Å². The largest absolute Gasteiger partial charge is 0.396 e. The summed E-state index contributed by atoms with van der Waals surface area (Å²) in [6.07, 6.45) is 6.00. The molecule has 0 spiro atoms. The molecule has 2 nitrogen and oxygen atoms in total. The topological polar surface area (TPSA) is 46.2 Å². The lowest BCUT2D eigenvalue weighted by molar-refractivity contribution is 0.230. The van der Waals surface area contributed by atoms with Gasteiger partial charge in [0, 0.05) is 6.61 Å². The standard InChI is InChI=1S/C14H21NO/c15-9-12(10-16)7-11-5-6-13-3-1-2-4-14(13)8-11/h5-6,8,12,16H,1-4,7,9-10,15H2. The molecule has 0 aliphatic heterocycles. The molecule has 2 heteroatoms. The number of nitrogens with two attached hydrogens (primary N) is 1. The molecular weight excluding hydrogens is 198 g/mol. The monoisotopic (exact) mass is 219 g/mol. The third-order valence-corrected chi connectivity index (χ3v) is 3.53. The minimum Gasteiger partial charge on any atom is -0.396 e. The summed E-state index contributed by atoms with van der Waals surface area (Å²) in [6.45, 7) is 0.751. The molecule has 1 aromatic rings. The molecule has 1 aliphatic rings. The first-order valence-corrected chi connectivity index (χ1v) is 6.25. The Morgan fingerprint density at radius 1 is 1.19 bits per heavy atom. The predicted molar refractivity (Wildman–Crippen MR) is 66.4 cm³/mol. The molecule has 3 N–H and O–H groups in total. The van der Waals surface area contributed by atoms with Gasteiger partial charge in [-0.1, -0.05) is 18.2 Å². The van der Waals surface area contributed by atoms with Crippen LogP contribution in [0, 0.1) is 5.92 Å². The average molecular weight is 219 g/mol. The van der Waals surface area contributed by atoms with Crippen LogP contribution >= 0.6 is 0 Å². The number of benzene rings is 1. The van der Waals surface area contributed by atoms with Crippen molar-refractivity contribution in [3.8, 4) is 0 Å². The van der Waals surface area contributed by atoms with E-state index < -0.39 is 0 Å². The van der Waals surface area contributed by atoms with Gasteiger partial charge < -0.3 is 10.8 Å². The fourth-order valence-corrected chi connectivity index (χ4v) is 2.47. The number of aliphatic hydroxyl groups is 1. The first-order chi connectivity index (χ1) is 7.83. The van der Waals surface area contributed by atoms with E-state index in [9.17, 15) is 0 Å². The van der Waals surface area contributed by atoms with Crippen molar-refractivity contribution < 1.29 is 5.11 Å². The van der Waals surface area contributed by atoms with Gasteiger partial charge in [-0.05, 0) is 61.3 Å². The number of hydrogen-bond acceptors (Lipinski definition) is 2. The molecule has 0 aromatic heterocycles. The van der Waals surface area contributed by atoms with E-state index in [0.29, 0.717) is 6.54 Å². The van der Waals surface area contributed by atoms with Gasteiger partial charge in [-0.3, -0.25) is 0 Å². The van der Waals surface area contributed by atoms with E-state index in [1.165, 1.54) is 42.4 Å². The summed E-state index contributed by atoms with van der Waals surface area (Å²) in [5, 5.41) is 9.15. The molecule has 0 bridgehead atoms. The Morgan fingerprint density at radius 3 is 2.62 bits per heavy atom. The van der Waals surface area contributed by atoms with Crippen LogP contribution in [0.15, 0.2) is 18.2 Å². The van der Waals surface area contributed by atoms with Crippen LogP contribution in [0.4, 0.5) is 0 Å². The lowest BCUT2D eigenvalue weighted by Gasteiger charge is -2.18. The van der Waals surface area contributed by atoms with Gasteiger partial charge in [-0.2, -0.15) is 0 Å². The molecule has 1 aromatic carbocycles. The smallest absolute Gasteiger partial charge is 0.0474 e. The molecule has 2 rings (SSSR count). The van der Waals surface area contributed by atoms with Crippen molar-refractivity contribution >= 4 is 0 Å². The predicted octanol–water partition coefficient (Wildman–Crippen LogP) is 1.68. The van der Waals surface area contributed by atoms with Crippen LogP contribution in [0.5, 0.6) is 0 Å². The molecule has 16 heavy (non-hydrogen) atoms. The van der Waals surface area contributed by atoms with Crippen LogP contribution in [0.2, 0.25) is 0 Å². The summed E-state index contributed by atoms with van der Waals surface area (Å²) < 4.78 is 0. The van der Waals surface area contributed by atoms with Crippen LogP contribution in [-0.2, 0) is 19.3 Å². The van der Waals surface area contributed by atoms with Gasteiger partial charge in [0.1, 0.15) is 0 Å². The maximum Gasteiger partial charge on any atom is 0.0474 e. The number of rotatable bonds is 4. The summed E-state index contributed by atoms with van der Waals surface area (Å²) in [4.78, 5) is 0. The van der Waals surface area contributed by atoms with Crippen molar-refractivity contribution in [1.82, 2.24) is 0 Å². The zero-order valence-corrected chi connectivity index (χ0v) is 9.78. The van der Waals surface area contributed by atoms with Crippen molar-refractivity contribution in [1.29, 1.82) is 0 Å². The highest BCUT2D eigenvalue weighted by Crippen LogP contribution is 2.23. The van der Waals surface area contributed by atoms with E-state index in [2.05, 4.69) is 18.2 Å². The molecular formula is C14H21NO. The zero-order chi connectivity index (χ0) is 11.4. The molecule has 0 radical (unpaired) electrons. The Kier molecular flexibility index (Phi) is 3.97. The number of fused-ring (bicyclic) bond motifs is 1. The quantitative estimate of drug-likeness (QED) is 0.809. The first kappa shape index (κ1) is 11.6. The summed E-state index contributed by atoms with van der Waals surface area (Å²) >= 11 is 0. The normalized spacial score (nSPS) is 16.9. The van der Waals surface area contributed by atoms with Crippen LogP contribution in [0.3, 0.4) is 0 Å².